The Morgan fingerprint density at radius 1 is 0.952 bits per heavy atom. The van der Waals surface area contributed by atoms with Gasteiger partial charge < -0.3 is 29.0 Å². The molecule has 5 rings (SSSR count). The number of aliphatic hydroxyl groups excluding tert-OH is 1. The molecule has 0 saturated heterocycles. The van der Waals surface area contributed by atoms with Gasteiger partial charge in [0.1, 0.15) is 12.6 Å². The highest BCUT2D eigenvalue weighted by molar-refractivity contribution is 5.89. The predicted molar refractivity (Wildman–Crippen MR) is 157 cm³/mol. The summed E-state index contributed by atoms with van der Waals surface area (Å²) in [6, 6.07) is 22.1. The van der Waals surface area contributed by atoms with Gasteiger partial charge in [-0.25, -0.2) is 4.79 Å². The molecule has 1 fully saturated rings. The second kappa shape index (κ2) is 13.9. The molecule has 222 valence electrons. The van der Waals surface area contributed by atoms with Crippen LogP contribution in [0.15, 0.2) is 72.8 Å². The van der Waals surface area contributed by atoms with E-state index in [0.717, 1.165) is 22.3 Å². The standard InChI is InChI=1S/C34H39NO7/c1-3-40-34(38)29-20-28-25(14-19-30(39-2)32(28)41-22-23-10-6-4-7-11-23)21-35(29)33(37)31(24-12-8-5-9-13-24)42-27-17-15-26(36)16-18-27/h4-14,19,26-27,29,31,36H,3,15-18,20-22H2,1-2H3/t26-,27+,29-,31?/m0/s1. The molecule has 1 heterocycles. The van der Waals surface area contributed by atoms with Gasteiger partial charge in [-0.1, -0.05) is 66.7 Å². The topological polar surface area (TPSA) is 94.5 Å². The Labute approximate surface area is 247 Å². The molecule has 0 spiro atoms. The van der Waals surface area contributed by atoms with Gasteiger partial charge in [0, 0.05) is 18.5 Å². The van der Waals surface area contributed by atoms with Gasteiger partial charge in [-0.15, -0.1) is 0 Å². The van der Waals surface area contributed by atoms with Crippen molar-refractivity contribution in [1.29, 1.82) is 0 Å². The molecule has 1 aliphatic heterocycles. The van der Waals surface area contributed by atoms with Crippen LogP contribution in [0.3, 0.4) is 0 Å². The van der Waals surface area contributed by atoms with Crippen molar-refractivity contribution in [3.05, 3.63) is 95.1 Å². The molecule has 42 heavy (non-hydrogen) atoms. The first-order chi connectivity index (χ1) is 20.5. The van der Waals surface area contributed by atoms with Gasteiger partial charge in [-0.3, -0.25) is 4.79 Å². The van der Waals surface area contributed by atoms with Gasteiger partial charge in [0.05, 0.1) is 25.9 Å². The number of aliphatic hydroxyl groups is 1. The molecule has 0 radical (unpaired) electrons. The molecule has 0 aromatic heterocycles. The summed E-state index contributed by atoms with van der Waals surface area (Å²) in [6.45, 7) is 2.48. The molecule has 1 aliphatic carbocycles. The zero-order valence-electron chi connectivity index (χ0n) is 24.2. The van der Waals surface area contributed by atoms with Crippen molar-refractivity contribution in [3.63, 3.8) is 0 Å². The van der Waals surface area contributed by atoms with Crippen molar-refractivity contribution in [2.45, 2.75) is 76.5 Å². The van der Waals surface area contributed by atoms with Crippen LogP contribution >= 0.6 is 0 Å². The lowest BCUT2D eigenvalue weighted by Gasteiger charge is -2.39. The number of benzene rings is 3. The number of ether oxygens (including phenoxy) is 4. The van der Waals surface area contributed by atoms with E-state index in [1.807, 2.05) is 72.8 Å². The Hall–Kier alpha value is -3.88. The Morgan fingerprint density at radius 3 is 2.31 bits per heavy atom. The van der Waals surface area contributed by atoms with Gasteiger partial charge in [-0.05, 0) is 55.4 Å². The highest BCUT2D eigenvalue weighted by Crippen LogP contribution is 2.40. The summed E-state index contributed by atoms with van der Waals surface area (Å²) in [4.78, 5) is 29.4. The van der Waals surface area contributed by atoms with E-state index in [1.165, 1.54) is 0 Å². The first kappa shape index (κ1) is 29.6. The molecule has 1 saturated carbocycles. The molecule has 0 bridgehead atoms. The third kappa shape index (κ3) is 6.77. The van der Waals surface area contributed by atoms with Crippen LogP contribution in [-0.4, -0.2) is 53.8 Å². The average Bonchev–Trinajstić information content (AvgIpc) is 3.03. The lowest BCUT2D eigenvalue weighted by molar-refractivity contribution is -0.164. The molecule has 1 amide bonds. The summed E-state index contributed by atoms with van der Waals surface area (Å²) in [5, 5.41) is 9.99. The maximum Gasteiger partial charge on any atom is 0.329 e. The van der Waals surface area contributed by atoms with E-state index in [-0.39, 0.29) is 37.7 Å². The van der Waals surface area contributed by atoms with Crippen LogP contribution in [0.25, 0.3) is 0 Å². The molecule has 3 aromatic rings. The third-order valence-corrected chi connectivity index (χ3v) is 8.02. The quantitative estimate of drug-likeness (QED) is 0.335. The number of rotatable bonds is 10. The van der Waals surface area contributed by atoms with Gasteiger partial charge in [-0.2, -0.15) is 0 Å². The maximum absolute atomic E-state index is 14.4. The van der Waals surface area contributed by atoms with E-state index in [0.29, 0.717) is 43.8 Å². The molecular formula is C34H39NO7. The van der Waals surface area contributed by atoms with Gasteiger partial charge >= 0.3 is 5.97 Å². The zero-order valence-corrected chi connectivity index (χ0v) is 24.2. The van der Waals surface area contributed by atoms with Crippen LogP contribution in [0.4, 0.5) is 0 Å². The van der Waals surface area contributed by atoms with Crippen LogP contribution in [0.1, 0.15) is 61.0 Å². The summed E-state index contributed by atoms with van der Waals surface area (Å²) < 4.78 is 23.9. The van der Waals surface area contributed by atoms with Crippen molar-refractivity contribution in [2.24, 2.45) is 0 Å². The highest BCUT2D eigenvalue weighted by Gasteiger charge is 2.41. The number of hydrogen-bond acceptors (Lipinski definition) is 7. The Bertz CT molecular complexity index is 1340. The van der Waals surface area contributed by atoms with Gasteiger partial charge in [0.25, 0.3) is 5.91 Å². The second-order valence-electron chi connectivity index (χ2n) is 10.8. The van der Waals surface area contributed by atoms with E-state index >= 15 is 0 Å². The number of nitrogens with zero attached hydrogens (tertiary/aromatic N) is 1. The summed E-state index contributed by atoms with van der Waals surface area (Å²) >= 11 is 0. The SMILES string of the molecule is CCOC(=O)[C@@H]1Cc2c(ccc(OC)c2OCc2ccccc2)CN1C(=O)C(O[C@H]1CC[C@@H](O)CC1)c1ccccc1. The van der Waals surface area contributed by atoms with Crippen LogP contribution < -0.4 is 9.47 Å². The second-order valence-corrected chi connectivity index (χ2v) is 10.8. The molecule has 2 atom stereocenters. The molecule has 8 nitrogen and oxygen atoms in total. The molecule has 8 heteroatoms. The van der Waals surface area contributed by atoms with Crippen molar-refractivity contribution in [3.8, 4) is 11.5 Å². The minimum atomic E-state index is -0.892. The maximum atomic E-state index is 14.4. The Kier molecular flexibility index (Phi) is 9.77. The molecular weight excluding hydrogens is 534 g/mol. The molecule has 3 aromatic carbocycles. The van der Waals surface area contributed by atoms with Crippen molar-refractivity contribution >= 4 is 11.9 Å². The number of carbonyl (C=O) groups is 2. The number of esters is 1. The van der Waals surface area contributed by atoms with Crippen molar-refractivity contribution < 1.29 is 33.6 Å². The Morgan fingerprint density at radius 2 is 1.64 bits per heavy atom. The largest absolute Gasteiger partial charge is 0.493 e. The minimum Gasteiger partial charge on any atom is -0.493 e. The summed E-state index contributed by atoms with van der Waals surface area (Å²) in [5.41, 5.74) is 3.43. The smallest absolute Gasteiger partial charge is 0.329 e. The zero-order chi connectivity index (χ0) is 29.5. The van der Waals surface area contributed by atoms with E-state index in [2.05, 4.69) is 0 Å². The fourth-order valence-corrected chi connectivity index (χ4v) is 5.78. The summed E-state index contributed by atoms with van der Waals surface area (Å²) in [7, 11) is 1.59. The number of methoxy groups -OCH3 is 1. The van der Waals surface area contributed by atoms with Crippen LogP contribution in [0, 0.1) is 0 Å². The van der Waals surface area contributed by atoms with Crippen LogP contribution in [-0.2, 0) is 38.6 Å². The van der Waals surface area contributed by atoms with Gasteiger partial charge in [0.2, 0.25) is 0 Å². The first-order valence-corrected chi connectivity index (χ1v) is 14.7. The van der Waals surface area contributed by atoms with Crippen molar-refractivity contribution in [1.82, 2.24) is 4.90 Å². The number of carbonyl (C=O) groups excluding carboxylic acids is 2. The van der Waals surface area contributed by atoms with Gasteiger partial charge in [0.15, 0.2) is 17.6 Å². The normalized spacial score (nSPS) is 20.7. The summed E-state index contributed by atoms with van der Waals surface area (Å²) in [6.07, 6.45) is 1.44. The molecule has 1 unspecified atom stereocenters. The fraction of sp³-hybridized carbons (Fsp3) is 0.412. The average molecular weight is 574 g/mol. The van der Waals surface area contributed by atoms with E-state index in [4.69, 9.17) is 18.9 Å². The minimum absolute atomic E-state index is 0.164. The summed E-state index contributed by atoms with van der Waals surface area (Å²) in [5.74, 6) is 0.369. The van der Waals surface area contributed by atoms with E-state index in [9.17, 15) is 14.7 Å². The van der Waals surface area contributed by atoms with Crippen LogP contribution in [0.5, 0.6) is 11.5 Å². The fourth-order valence-electron chi connectivity index (χ4n) is 5.78. The Balaban J connectivity index is 1.47. The third-order valence-electron chi connectivity index (χ3n) is 8.02. The van der Waals surface area contributed by atoms with Crippen LogP contribution in [0.2, 0.25) is 0 Å². The monoisotopic (exact) mass is 573 g/mol. The number of amides is 1. The lowest BCUT2D eigenvalue weighted by Crippen LogP contribution is -2.51. The van der Waals surface area contributed by atoms with E-state index in [1.54, 1.807) is 18.9 Å². The highest BCUT2D eigenvalue weighted by atomic mass is 16.5. The predicted octanol–water partition coefficient (Wildman–Crippen LogP) is 5.15. The number of hydrogen-bond donors (Lipinski definition) is 1. The lowest BCUT2D eigenvalue weighted by atomic mass is 9.91. The first-order valence-electron chi connectivity index (χ1n) is 14.7. The van der Waals surface area contributed by atoms with Crippen molar-refractivity contribution in [2.75, 3.05) is 13.7 Å². The molecule has 1 N–H and O–H groups in total. The number of fused-ring (bicyclic) bond motifs is 1. The van der Waals surface area contributed by atoms with E-state index < -0.39 is 18.1 Å². The molecule has 2 aliphatic rings.